The zero-order chi connectivity index (χ0) is 26.3. The van der Waals surface area contributed by atoms with E-state index < -0.39 is 70.6 Å². The number of esters is 2. The minimum atomic E-state index is -6.24. The van der Waals surface area contributed by atoms with Crippen LogP contribution in [0.25, 0.3) is 0 Å². The molecule has 35 heavy (non-hydrogen) atoms. The molecule has 0 bridgehead atoms. The van der Waals surface area contributed by atoms with Crippen molar-refractivity contribution in [3.63, 3.8) is 0 Å². The summed E-state index contributed by atoms with van der Waals surface area (Å²) in [5.41, 5.74) is -0.521. The highest BCUT2D eigenvalue weighted by Crippen LogP contribution is 2.42. The van der Waals surface area contributed by atoms with Crippen LogP contribution < -0.4 is 11.1 Å². The molecule has 3 rings (SSSR count). The highest BCUT2D eigenvalue weighted by Gasteiger charge is 2.57. The second kappa shape index (κ2) is 9.22. The van der Waals surface area contributed by atoms with E-state index >= 15 is 0 Å². The van der Waals surface area contributed by atoms with Gasteiger partial charge < -0.3 is 35.1 Å². The van der Waals surface area contributed by atoms with Gasteiger partial charge in [-0.25, -0.2) is 4.98 Å². The van der Waals surface area contributed by atoms with Gasteiger partial charge in [0.05, 0.1) is 6.33 Å². The van der Waals surface area contributed by atoms with Crippen molar-refractivity contribution >= 4 is 33.8 Å². The Morgan fingerprint density at radius 1 is 1.31 bits per heavy atom. The van der Waals surface area contributed by atoms with Gasteiger partial charge >= 0.3 is 33.5 Å². The molecule has 19 heteroatoms. The molecule has 4 N–H and O–H groups in total. The van der Waals surface area contributed by atoms with Gasteiger partial charge in [-0.2, -0.15) is 26.6 Å². The standard InChI is InChI=1S/C16H20F3N5O10S/c1-6(25)31-4-8-9(32-7(2)26)10(34-35(28,29)16(17,18)19)13(33-8)24-5-21-11-12(24)22-14(20)23-15(11,27)30-3/h5,8-10,13,27H,4H2,1-3H3,(H3,20,22,23)/t8-,9-,10-,13-,15?/m1/s1. The maximum atomic E-state index is 13.1. The molecule has 2 aliphatic heterocycles. The van der Waals surface area contributed by atoms with Crippen LogP contribution in [-0.4, -0.2) is 78.5 Å². The van der Waals surface area contributed by atoms with Crippen molar-refractivity contribution in [2.24, 2.45) is 10.7 Å². The number of hydrogen-bond donors (Lipinski definition) is 3. The number of halogens is 3. The van der Waals surface area contributed by atoms with E-state index in [1.165, 1.54) is 0 Å². The van der Waals surface area contributed by atoms with Crippen molar-refractivity contribution in [2.45, 2.75) is 49.8 Å². The summed E-state index contributed by atoms with van der Waals surface area (Å²) in [5, 5.41) is 13.0. The molecule has 15 nitrogen and oxygen atoms in total. The third kappa shape index (κ3) is 5.17. The summed E-state index contributed by atoms with van der Waals surface area (Å²) in [4.78, 5) is 30.4. The Balaban J connectivity index is 2.11. The number of carbonyl (C=O) groups is 2. The number of fused-ring (bicyclic) bond motifs is 1. The smallest absolute Gasteiger partial charge is 0.463 e. The van der Waals surface area contributed by atoms with E-state index in [4.69, 9.17) is 24.7 Å². The van der Waals surface area contributed by atoms with Gasteiger partial charge in [0.1, 0.15) is 18.5 Å². The van der Waals surface area contributed by atoms with Gasteiger partial charge in [0.2, 0.25) is 0 Å². The quantitative estimate of drug-likeness (QED) is 0.167. The van der Waals surface area contributed by atoms with Crippen LogP contribution in [-0.2, 0) is 48.7 Å². The summed E-state index contributed by atoms with van der Waals surface area (Å²) in [6, 6.07) is 0. The largest absolute Gasteiger partial charge is 0.523 e. The number of carbonyl (C=O) groups excluding carboxylic acids is 2. The van der Waals surface area contributed by atoms with Gasteiger partial charge in [-0.1, -0.05) is 0 Å². The molecule has 3 heterocycles. The summed E-state index contributed by atoms with van der Waals surface area (Å²) in [7, 11) is -5.18. The van der Waals surface area contributed by atoms with Crippen LogP contribution in [0.2, 0.25) is 0 Å². The van der Waals surface area contributed by atoms with Crippen LogP contribution in [0.5, 0.6) is 0 Å². The molecule has 1 aromatic rings. The number of anilines is 1. The molecular weight excluding hydrogens is 511 g/mol. The van der Waals surface area contributed by atoms with Crippen molar-refractivity contribution < 1.29 is 59.4 Å². The number of aliphatic hydroxyl groups is 1. The highest BCUT2D eigenvalue weighted by molar-refractivity contribution is 7.87. The highest BCUT2D eigenvalue weighted by atomic mass is 32.2. The first kappa shape index (κ1) is 26.6. The number of imidazole rings is 1. The lowest BCUT2D eigenvalue weighted by atomic mass is 10.1. The predicted molar refractivity (Wildman–Crippen MR) is 104 cm³/mol. The Bertz CT molecular complexity index is 1140. The summed E-state index contributed by atoms with van der Waals surface area (Å²) in [6.45, 7) is 1.28. The number of aliphatic imine (C=N–C) groups is 1. The first-order valence-corrected chi connectivity index (χ1v) is 10.9. The van der Waals surface area contributed by atoms with Crippen molar-refractivity contribution in [3.05, 3.63) is 12.0 Å². The molecule has 196 valence electrons. The number of nitrogens with zero attached hydrogens (tertiary/aromatic N) is 3. The van der Waals surface area contributed by atoms with Gasteiger partial charge in [-0.05, 0) is 0 Å². The monoisotopic (exact) mass is 531 g/mol. The number of rotatable bonds is 7. The Morgan fingerprint density at radius 3 is 2.51 bits per heavy atom. The molecule has 0 aromatic carbocycles. The molecule has 0 amide bonds. The SMILES string of the molecule is COC1(O)N=C(N)Nc2c1ncn2[C@@H]1O[C@H](COC(C)=O)[C@@H](OC(C)=O)[C@H]1OS(=O)(=O)C(F)(F)F. The molecule has 0 spiro atoms. The number of nitrogens with one attached hydrogen (secondary N) is 1. The number of nitrogens with two attached hydrogens (primary N) is 1. The normalized spacial score (nSPS) is 28.6. The predicted octanol–water partition coefficient (Wildman–Crippen LogP) is -1.00. The molecule has 2 aliphatic rings. The Hall–Kier alpha value is -3.00. The maximum Gasteiger partial charge on any atom is 0.523 e. The number of guanidine groups is 1. The Labute approximate surface area is 195 Å². The van der Waals surface area contributed by atoms with Crippen LogP contribution in [0.15, 0.2) is 11.3 Å². The number of aromatic nitrogens is 2. The molecule has 0 saturated carbocycles. The van der Waals surface area contributed by atoms with Gasteiger partial charge in [-0.15, -0.1) is 0 Å². The minimum absolute atomic E-state index is 0.223. The van der Waals surface area contributed by atoms with Crippen LogP contribution in [0.3, 0.4) is 0 Å². The lowest BCUT2D eigenvalue weighted by molar-refractivity contribution is -0.189. The summed E-state index contributed by atoms with van der Waals surface area (Å²) in [5.74, 6) is -4.87. The first-order valence-electron chi connectivity index (χ1n) is 9.52. The van der Waals surface area contributed by atoms with Gasteiger partial charge in [-0.3, -0.25) is 18.3 Å². The van der Waals surface area contributed by atoms with E-state index in [0.29, 0.717) is 0 Å². The molecule has 1 unspecified atom stereocenters. The molecule has 1 saturated heterocycles. The fourth-order valence-corrected chi connectivity index (χ4v) is 3.93. The molecular formula is C16H20F3N5O10S. The van der Waals surface area contributed by atoms with Crippen LogP contribution in [0, 0.1) is 0 Å². The number of alkyl halides is 3. The maximum absolute atomic E-state index is 13.1. The van der Waals surface area contributed by atoms with Gasteiger partial charge in [0.15, 0.2) is 30.1 Å². The minimum Gasteiger partial charge on any atom is -0.463 e. The fraction of sp³-hybridized carbons (Fsp3) is 0.625. The molecule has 0 radical (unpaired) electrons. The van der Waals surface area contributed by atoms with Gasteiger partial charge in [0, 0.05) is 21.0 Å². The number of ether oxygens (including phenoxy) is 4. The lowest BCUT2D eigenvalue weighted by Crippen LogP contribution is -2.43. The number of methoxy groups -OCH3 is 1. The fourth-order valence-electron chi connectivity index (χ4n) is 3.33. The Kier molecular flexibility index (Phi) is 7.01. The van der Waals surface area contributed by atoms with E-state index in [9.17, 15) is 36.3 Å². The molecule has 5 atom stereocenters. The van der Waals surface area contributed by atoms with Crippen LogP contribution in [0.1, 0.15) is 25.8 Å². The zero-order valence-electron chi connectivity index (χ0n) is 18.2. The molecule has 1 aromatic heterocycles. The van der Waals surface area contributed by atoms with Gasteiger partial charge in [0.25, 0.3) is 0 Å². The first-order chi connectivity index (χ1) is 16.1. The topological polar surface area (TPSA) is 203 Å². The van der Waals surface area contributed by atoms with E-state index in [1.807, 2.05) is 0 Å². The average Bonchev–Trinajstić information content (AvgIpc) is 3.27. The van der Waals surface area contributed by atoms with E-state index in [0.717, 1.165) is 31.9 Å². The molecule has 1 fully saturated rings. The van der Waals surface area contributed by atoms with Crippen LogP contribution in [0.4, 0.5) is 19.0 Å². The van der Waals surface area contributed by atoms with Crippen molar-refractivity contribution in [1.29, 1.82) is 0 Å². The molecule has 0 aliphatic carbocycles. The van der Waals surface area contributed by atoms with Crippen molar-refractivity contribution in [1.82, 2.24) is 9.55 Å². The second-order valence-electron chi connectivity index (χ2n) is 7.19. The third-order valence-electron chi connectivity index (χ3n) is 4.74. The summed E-state index contributed by atoms with van der Waals surface area (Å²) < 4.78 is 88.7. The lowest BCUT2D eigenvalue weighted by Gasteiger charge is -2.28. The number of hydrogen-bond acceptors (Lipinski definition) is 14. The summed E-state index contributed by atoms with van der Waals surface area (Å²) >= 11 is 0. The zero-order valence-corrected chi connectivity index (χ0v) is 19.0. The summed E-state index contributed by atoms with van der Waals surface area (Å²) in [6.07, 6.45) is -6.32. The van der Waals surface area contributed by atoms with E-state index in [1.54, 1.807) is 0 Å². The third-order valence-corrected chi connectivity index (χ3v) is 5.78. The average molecular weight is 531 g/mol. The van der Waals surface area contributed by atoms with Crippen molar-refractivity contribution in [3.8, 4) is 0 Å². The van der Waals surface area contributed by atoms with Crippen LogP contribution >= 0.6 is 0 Å². The van der Waals surface area contributed by atoms with Crippen molar-refractivity contribution in [2.75, 3.05) is 19.0 Å². The Morgan fingerprint density at radius 2 is 1.97 bits per heavy atom. The van der Waals surface area contributed by atoms with E-state index in [2.05, 4.69) is 19.5 Å². The second-order valence-corrected chi connectivity index (χ2v) is 8.75. The van der Waals surface area contributed by atoms with E-state index in [-0.39, 0.29) is 11.5 Å².